The third kappa shape index (κ3) is 3.88. The number of alkyl halides is 1. The molecule has 0 heterocycles. The minimum Gasteiger partial charge on any atom is -0.349 e. The fourth-order valence-electron chi connectivity index (χ4n) is 3.51. The summed E-state index contributed by atoms with van der Waals surface area (Å²) in [5.74, 6) is 1.60. The molecule has 2 fully saturated rings. The van der Waals surface area contributed by atoms with E-state index in [4.69, 9.17) is 11.6 Å². The van der Waals surface area contributed by atoms with Crippen molar-refractivity contribution in [2.75, 3.05) is 5.88 Å². The maximum Gasteiger partial charge on any atom is 0.220 e. The molecule has 0 radical (unpaired) electrons. The first kappa shape index (κ1) is 14.2. The third-order valence-corrected chi connectivity index (χ3v) is 5.24. The van der Waals surface area contributed by atoms with Crippen LogP contribution in [0, 0.1) is 5.92 Å². The molecule has 0 atom stereocenters. The van der Waals surface area contributed by atoms with Crippen molar-refractivity contribution in [3.63, 3.8) is 0 Å². The second-order valence-corrected chi connectivity index (χ2v) is 6.48. The van der Waals surface area contributed by atoms with Crippen molar-refractivity contribution in [1.29, 1.82) is 0 Å². The molecule has 2 rings (SSSR count). The Morgan fingerprint density at radius 2 is 1.78 bits per heavy atom. The number of carbonyl (C=O) groups excluding carboxylic acids is 1. The molecular weight excluding hydrogens is 246 g/mol. The summed E-state index contributed by atoms with van der Waals surface area (Å²) in [7, 11) is 0. The lowest BCUT2D eigenvalue weighted by Crippen LogP contribution is -2.51. The fourth-order valence-corrected chi connectivity index (χ4v) is 3.85. The van der Waals surface area contributed by atoms with E-state index in [-0.39, 0.29) is 11.4 Å². The number of hydrogen-bond acceptors (Lipinski definition) is 1. The zero-order chi connectivity index (χ0) is 12.8. The Morgan fingerprint density at radius 3 is 2.39 bits per heavy atom. The summed E-state index contributed by atoms with van der Waals surface area (Å²) in [6, 6.07) is 0. The molecule has 0 aromatic heterocycles. The van der Waals surface area contributed by atoms with Crippen molar-refractivity contribution >= 4 is 17.5 Å². The highest BCUT2D eigenvalue weighted by molar-refractivity contribution is 6.18. The lowest BCUT2D eigenvalue weighted by Gasteiger charge is -2.36. The molecular formula is C15H26ClNO. The minimum absolute atomic E-state index is 0.0907. The number of nitrogens with one attached hydrogen (secondary N) is 1. The molecule has 18 heavy (non-hydrogen) atoms. The van der Waals surface area contributed by atoms with E-state index in [0.717, 1.165) is 25.2 Å². The third-order valence-electron chi connectivity index (χ3n) is 4.73. The number of halogens is 1. The van der Waals surface area contributed by atoms with Crippen LogP contribution in [0.5, 0.6) is 0 Å². The highest BCUT2D eigenvalue weighted by atomic mass is 35.5. The topological polar surface area (TPSA) is 29.1 Å². The van der Waals surface area contributed by atoms with Crippen LogP contribution in [0.3, 0.4) is 0 Å². The van der Waals surface area contributed by atoms with Gasteiger partial charge in [0.05, 0.1) is 5.54 Å². The molecule has 2 aliphatic carbocycles. The molecule has 0 bridgehead atoms. The predicted octanol–water partition coefficient (Wildman–Crippen LogP) is 4.01. The average molecular weight is 272 g/mol. The standard InChI is InChI=1S/C15H26ClNO/c16-12-15(10-4-1-5-11-15)17-14(18)9-8-13-6-2-3-7-13/h13H,1-12H2,(H,17,18). The highest BCUT2D eigenvalue weighted by Crippen LogP contribution is 2.31. The van der Waals surface area contributed by atoms with Crippen molar-refractivity contribution in [2.24, 2.45) is 5.92 Å². The Bertz CT molecular complexity index is 268. The first-order chi connectivity index (χ1) is 8.74. The molecule has 3 heteroatoms. The van der Waals surface area contributed by atoms with Gasteiger partial charge < -0.3 is 5.32 Å². The van der Waals surface area contributed by atoms with Crippen LogP contribution in [0.25, 0.3) is 0 Å². The van der Waals surface area contributed by atoms with Gasteiger partial charge in [-0.15, -0.1) is 11.6 Å². The first-order valence-corrected chi connectivity index (χ1v) is 8.14. The van der Waals surface area contributed by atoms with E-state index in [1.54, 1.807) is 0 Å². The first-order valence-electron chi connectivity index (χ1n) is 7.61. The van der Waals surface area contributed by atoms with E-state index >= 15 is 0 Å². The Morgan fingerprint density at radius 1 is 1.11 bits per heavy atom. The average Bonchev–Trinajstić information content (AvgIpc) is 2.91. The molecule has 0 aliphatic heterocycles. The summed E-state index contributed by atoms with van der Waals surface area (Å²) in [6.07, 6.45) is 13.0. The maximum absolute atomic E-state index is 12.1. The molecule has 1 amide bonds. The van der Waals surface area contributed by atoms with E-state index in [2.05, 4.69) is 5.32 Å². The molecule has 2 aliphatic rings. The van der Waals surface area contributed by atoms with E-state index < -0.39 is 0 Å². The van der Waals surface area contributed by atoms with Gasteiger partial charge in [0.1, 0.15) is 0 Å². The predicted molar refractivity (Wildman–Crippen MR) is 75.9 cm³/mol. The number of rotatable bonds is 5. The Balaban J connectivity index is 1.74. The summed E-state index contributed by atoms with van der Waals surface area (Å²) in [5, 5.41) is 3.24. The quantitative estimate of drug-likeness (QED) is 0.752. The van der Waals surface area contributed by atoms with Crippen LogP contribution in [0.15, 0.2) is 0 Å². The largest absolute Gasteiger partial charge is 0.349 e. The lowest BCUT2D eigenvalue weighted by molar-refractivity contribution is -0.123. The van der Waals surface area contributed by atoms with Gasteiger partial charge in [-0.3, -0.25) is 4.79 Å². The molecule has 0 unspecified atom stereocenters. The van der Waals surface area contributed by atoms with Gasteiger partial charge in [-0.2, -0.15) is 0 Å². The second-order valence-electron chi connectivity index (χ2n) is 6.21. The molecule has 104 valence electrons. The zero-order valence-corrected chi connectivity index (χ0v) is 12.1. The van der Waals surface area contributed by atoms with Crippen LogP contribution in [0.1, 0.15) is 70.6 Å². The molecule has 0 aromatic rings. The van der Waals surface area contributed by atoms with Crippen molar-refractivity contribution in [1.82, 2.24) is 5.32 Å². The van der Waals surface area contributed by atoms with E-state index in [0.29, 0.717) is 12.3 Å². The summed E-state index contributed by atoms with van der Waals surface area (Å²) in [5.41, 5.74) is -0.0907. The van der Waals surface area contributed by atoms with Crippen molar-refractivity contribution < 1.29 is 4.79 Å². The van der Waals surface area contributed by atoms with Gasteiger partial charge in [-0.1, -0.05) is 44.9 Å². The van der Waals surface area contributed by atoms with Gasteiger partial charge >= 0.3 is 0 Å². The lowest BCUT2D eigenvalue weighted by atomic mass is 9.83. The van der Waals surface area contributed by atoms with Gasteiger partial charge in [-0.05, 0) is 25.2 Å². The summed E-state index contributed by atoms with van der Waals surface area (Å²) in [4.78, 5) is 12.1. The second kappa shape index (κ2) is 6.79. The number of hydrogen-bond donors (Lipinski definition) is 1. The van der Waals surface area contributed by atoms with E-state index in [1.807, 2.05) is 0 Å². The SMILES string of the molecule is O=C(CCC1CCCC1)NC1(CCl)CCCCC1. The summed E-state index contributed by atoms with van der Waals surface area (Å²) in [6.45, 7) is 0. The van der Waals surface area contributed by atoms with Gasteiger partial charge in [0.25, 0.3) is 0 Å². The molecule has 1 N–H and O–H groups in total. The van der Waals surface area contributed by atoms with Crippen LogP contribution in [0.2, 0.25) is 0 Å². The minimum atomic E-state index is -0.0907. The van der Waals surface area contributed by atoms with E-state index in [1.165, 1.54) is 44.9 Å². The highest BCUT2D eigenvalue weighted by Gasteiger charge is 2.32. The van der Waals surface area contributed by atoms with Crippen molar-refractivity contribution in [3.8, 4) is 0 Å². The molecule has 2 nitrogen and oxygen atoms in total. The molecule has 0 saturated heterocycles. The van der Waals surface area contributed by atoms with Crippen LogP contribution in [-0.2, 0) is 4.79 Å². The van der Waals surface area contributed by atoms with Crippen LogP contribution in [-0.4, -0.2) is 17.3 Å². The smallest absolute Gasteiger partial charge is 0.220 e. The van der Waals surface area contributed by atoms with E-state index in [9.17, 15) is 4.79 Å². The van der Waals surface area contributed by atoms with Gasteiger partial charge in [0.2, 0.25) is 5.91 Å². The normalized spacial score (nSPS) is 24.1. The zero-order valence-electron chi connectivity index (χ0n) is 11.3. The Labute approximate surface area is 116 Å². The van der Waals surface area contributed by atoms with Crippen molar-refractivity contribution in [3.05, 3.63) is 0 Å². The molecule has 0 spiro atoms. The maximum atomic E-state index is 12.1. The van der Waals surface area contributed by atoms with Gasteiger partial charge in [-0.25, -0.2) is 0 Å². The van der Waals surface area contributed by atoms with Crippen LogP contribution < -0.4 is 5.32 Å². The number of amides is 1. The van der Waals surface area contributed by atoms with Crippen molar-refractivity contribution in [2.45, 2.75) is 76.2 Å². The molecule has 2 saturated carbocycles. The van der Waals surface area contributed by atoms with Crippen LogP contribution in [0.4, 0.5) is 0 Å². The Hall–Kier alpha value is -0.240. The summed E-state index contributed by atoms with van der Waals surface area (Å²) < 4.78 is 0. The molecule has 0 aromatic carbocycles. The fraction of sp³-hybridized carbons (Fsp3) is 0.933. The monoisotopic (exact) mass is 271 g/mol. The summed E-state index contributed by atoms with van der Waals surface area (Å²) >= 11 is 6.09. The number of carbonyl (C=O) groups is 1. The van der Waals surface area contributed by atoms with Gasteiger partial charge in [0, 0.05) is 12.3 Å². The van der Waals surface area contributed by atoms with Gasteiger partial charge in [0.15, 0.2) is 0 Å². The Kier molecular flexibility index (Phi) is 5.35. The van der Waals surface area contributed by atoms with Crippen LogP contribution >= 0.6 is 11.6 Å².